The predicted octanol–water partition coefficient (Wildman–Crippen LogP) is 5.85. The van der Waals surface area contributed by atoms with Crippen molar-refractivity contribution < 1.29 is 19.1 Å². The Morgan fingerprint density at radius 1 is 0.951 bits per heavy atom. The third-order valence-corrected chi connectivity index (χ3v) is 7.96. The molecular weight excluding hydrogens is 516 g/mol. The highest BCUT2D eigenvalue weighted by atomic mass is 16.5. The Hall–Kier alpha value is -4.20. The molecule has 1 aromatic heterocycles. The van der Waals surface area contributed by atoms with Crippen LogP contribution in [-0.2, 0) is 22.6 Å². The number of carbonyl (C=O) groups is 3. The minimum absolute atomic E-state index is 0.0751. The summed E-state index contributed by atoms with van der Waals surface area (Å²) in [5, 5.41) is 6.01. The standard InChI is InChI=1S/C33H40N4O4/c1-5-8-28(26-13-9-23(4)10-14-26)36-32(40)37-30(39)33(6-2,7-3)31(37)41-27-15-11-25(12-16-27)22-35-29(38)21-24-17-19-34-20-18-24/h9-20,28,31H,5-8,21-22H2,1-4H3,(H,35,38)(H,36,40)/t28?,31-/m0/s1. The van der Waals surface area contributed by atoms with E-state index in [-0.39, 0.29) is 24.3 Å². The van der Waals surface area contributed by atoms with E-state index in [0.29, 0.717) is 25.1 Å². The van der Waals surface area contributed by atoms with Gasteiger partial charge in [0.25, 0.3) is 0 Å². The van der Waals surface area contributed by atoms with Crippen molar-refractivity contribution in [1.29, 1.82) is 0 Å². The maximum atomic E-state index is 13.5. The summed E-state index contributed by atoms with van der Waals surface area (Å²) in [5.41, 5.74) is 3.21. The van der Waals surface area contributed by atoms with E-state index in [1.165, 1.54) is 4.90 Å². The lowest BCUT2D eigenvalue weighted by Gasteiger charge is -2.53. The molecule has 4 amide bonds. The van der Waals surface area contributed by atoms with Crippen molar-refractivity contribution in [3.63, 3.8) is 0 Å². The normalized spacial score (nSPS) is 16.4. The summed E-state index contributed by atoms with van der Waals surface area (Å²) >= 11 is 0. The van der Waals surface area contributed by atoms with E-state index in [9.17, 15) is 14.4 Å². The van der Waals surface area contributed by atoms with Gasteiger partial charge in [0.2, 0.25) is 11.8 Å². The molecule has 1 aliphatic rings. The van der Waals surface area contributed by atoms with Crippen LogP contribution in [0.5, 0.6) is 5.75 Å². The largest absolute Gasteiger partial charge is 0.469 e. The van der Waals surface area contributed by atoms with E-state index < -0.39 is 17.7 Å². The van der Waals surface area contributed by atoms with Gasteiger partial charge in [-0.3, -0.25) is 14.6 Å². The van der Waals surface area contributed by atoms with E-state index in [2.05, 4.69) is 22.5 Å². The first-order valence-electron chi connectivity index (χ1n) is 14.4. The topological polar surface area (TPSA) is 101 Å². The van der Waals surface area contributed by atoms with E-state index in [1.54, 1.807) is 12.4 Å². The van der Waals surface area contributed by atoms with Gasteiger partial charge in [0, 0.05) is 18.9 Å². The van der Waals surface area contributed by atoms with Crippen LogP contribution in [0.2, 0.25) is 0 Å². The first-order valence-corrected chi connectivity index (χ1v) is 14.4. The van der Waals surface area contributed by atoms with Gasteiger partial charge in [-0.25, -0.2) is 9.69 Å². The molecular formula is C33H40N4O4. The highest BCUT2D eigenvalue weighted by Gasteiger charge is 2.63. The number of β-lactam (4-membered cyclic amide) rings is 1. The number of likely N-dealkylation sites (tertiary alicyclic amines) is 1. The number of aromatic nitrogens is 1. The van der Waals surface area contributed by atoms with Crippen LogP contribution in [0, 0.1) is 12.3 Å². The third kappa shape index (κ3) is 6.76. The molecule has 1 fully saturated rings. The van der Waals surface area contributed by atoms with Crippen molar-refractivity contribution in [3.05, 3.63) is 95.3 Å². The zero-order valence-electron chi connectivity index (χ0n) is 24.4. The van der Waals surface area contributed by atoms with Gasteiger partial charge in [0.05, 0.1) is 12.5 Å². The molecule has 0 spiro atoms. The van der Waals surface area contributed by atoms with Crippen molar-refractivity contribution >= 4 is 17.8 Å². The SMILES string of the molecule is CCCC(NC(=O)N1C(=O)C(CC)(CC)[C@@H]1Oc1ccc(CNC(=O)Cc2ccncc2)cc1)c1ccc(C)cc1. The van der Waals surface area contributed by atoms with Crippen LogP contribution in [0.4, 0.5) is 4.79 Å². The minimum atomic E-state index is -0.763. The van der Waals surface area contributed by atoms with Crippen LogP contribution in [0.25, 0.3) is 0 Å². The summed E-state index contributed by atoms with van der Waals surface area (Å²) in [6, 6.07) is 18.5. The van der Waals surface area contributed by atoms with Crippen LogP contribution in [-0.4, -0.2) is 34.0 Å². The van der Waals surface area contributed by atoms with Crippen molar-refractivity contribution in [1.82, 2.24) is 20.5 Å². The van der Waals surface area contributed by atoms with Crippen molar-refractivity contribution in [3.8, 4) is 5.75 Å². The second kappa shape index (κ2) is 13.4. The van der Waals surface area contributed by atoms with Crippen LogP contribution in [0.1, 0.15) is 74.8 Å². The molecule has 0 bridgehead atoms. The average molecular weight is 557 g/mol. The summed E-state index contributed by atoms with van der Waals surface area (Å²) in [5.74, 6) is 0.272. The van der Waals surface area contributed by atoms with Gasteiger partial charge in [-0.2, -0.15) is 0 Å². The summed E-state index contributed by atoms with van der Waals surface area (Å²) in [4.78, 5) is 44.4. The molecule has 1 saturated heterocycles. The molecule has 41 heavy (non-hydrogen) atoms. The highest BCUT2D eigenvalue weighted by Crippen LogP contribution is 2.46. The number of imide groups is 1. The van der Waals surface area contributed by atoms with Gasteiger partial charge in [-0.05, 0) is 67.1 Å². The molecule has 1 aliphatic heterocycles. The number of carbonyl (C=O) groups excluding carboxylic acids is 3. The highest BCUT2D eigenvalue weighted by molar-refractivity contribution is 6.03. The van der Waals surface area contributed by atoms with Crippen LogP contribution < -0.4 is 15.4 Å². The number of ether oxygens (including phenoxy) is 1. The minimum Gasteiger partial charge on any atom is -0.469 e. The second-order valence-electron chi connectivity index (χ2n) is 10.7. The molecule has 8 nitrogen and oxygen atoms in total. The smallest absolute Gasteiger partial charge is 0.327 e. The van der Waals surface area contributed by atoms with Crippen LogP contribution in [0.3, 0.4) is 0 Å². The number of nitrogens with one attached hydrogen (secondary N) is 2. The van der Waals surface area contributed by atoms with Gasteiger partial charge >= 0.3 is 6.03 Å². The van der Waals surface area contributed by atoms with Crippen LogP contribution in [0.15, 0.2) is 73.1 Å². The molecule has 8 heteroatoms. The summed E-state index contributed by atoms with van der Waals surface area (Å²) < 4.78 is 6.33. The molecule has 2 heterocycles. The average Bonchev–Trinajstić information content (AvgIpc) is 2.98. The predicted molar refractivity (Wildman–Crippen MR) is 158 cm³/mol. The lowest BCUT2D eigenvalue weighted by Crippen LogP contribution is -2.73. The zero-order chi connectivity index (χ0) is 29.4. The molecule has 3 aromatic rings. The van der Waals surface area contributed by atoms with Crippen LogP contribution >= 0.6 is 0 Å². The summed E-state index contributed by atoms with van der Waals surface area (Å²) in [7, 11) is 0. The van der Waals surface area contributed by atoms with Gasteiger partial charge < -0.3 is 15.4 Å². The zero-order valence-corrected chi connectivity index (χ0v) is 24.4. The van der Waals surface area contributed by atoms with E-state index in [0.717, 1.165) is 35.1 Å². The van der Waals surface area contributed by atoms with Gasteiger partial charge in [0.15, 0.2) is 6.23 Å². The van der Waals surface area contributed by atoms with Gasteiger partial charge in [-0.1, -0.05) is 69.2 Å². The quantitative estimate of drug-likeness (QED) is 0.273. The second-order valence-corrected chi connectivity index (χ2v) is 10.7. The summed E-state index contributed by atoms with van der Waals surface area (Å²) in [6.45, 7) is 8.39. The fraction of sp³-hybridized carbons (Fsp3) is 0.394. The van der Waals surface area contributed by atoms with E-state index in [4.69, 9.17) is 4.74 Å². The van der Waals surface area contributed by atoms with Gasteiger partial charge in [-0.15, -0.1) is 0 Å². The molecule has 2 N–H and O–H groups in total. The first-order chi connectivity index (χ1) is 19.8. The summed E-state index contributed by atoms with van der Waals surface area (Å²) in [6.07, 6.45) is 5.69. The number of hydrogen-bond donors (Lipinski definition) is 2. The molecule has 0 saturated carbocycles. The first kappa shape index (κ1) is 29.8. The van der Waals surface area contributed by atoms with E-state index in [1.807, 2.05) is 81.4 Å². The molecule has 0 aliphatic carbocycles. The Morgan fingerprint density at radius 3 is 2.22 bits per heavy atom. The fourth-order valence-corrected chi connectivity index (χ4v) is 5.29. The Balaban J connectivity index is 1.42. The monoisotopic (exact) mass is 556 g/mol. The molecule has 4 rings (SSSR count). The third-order valence-electron chi connectivity index (χ3n) is 7.96. The number of aryl methyl sites for hydroxylation is 1. The van der Waals surface area contributed by atoms with Gasteiger partial charge in [0.1, 0.15) is 11.2 Å². The molecule has 2 atom stereocenters. The Kier molecular flexibility index (Phi) is 9.76. The lowest BCUT2D eigenvalue weighted by molar-refractivity contribution is -0.191. The number of amides is 4. The number of urea groups is 1. The molecule has 0 radical (unpaired) electrons. The number of benzene rings is 2. The Morgan fingerprint density at radius 2 is 1.61 bits per heavy atom. The maximum Gasteiger partial charge on any atom is 0.327 e. The number of rotatable bonds is 12. The number of pyridine rings is 1. The number of nitrogens with zero attached hydrogens (tertiary/aromatic N) is 2. The Labute approximate surface area is 242 Å². The van der Waals surface area contributed by atoms with Crippen molar-refractivity contribution in [2.45, 2.75) is 78.6 Å². The maximum absolute atomic E-state index is 13.5. The molecule has 1 unspecified atom stereocenters. The van der Waals surface area contributed by atoms with Crippen molar-refractivity contribution in [2.75, 3.05) is 0 Å². The lowest BCUT2D eigenvalue weighted by atomic mass is 9.72. The Bertz CT molecular complexity index is 1320. The fourth-order valence-electron chi connectivity index (χ4n) is 5.29. The van der Waals surface area contributed by atoms with Crippen molar-refractivity contribution in [2.24, 2.45) is 5.41 Å². The van der Waals surface area contributed by atoms with E-state index >= 15 is 0 Å². The number of hydrogen-bond acceptors (Lipinski definition) is 5. The molecule has 2 aromatic carbocycles. The molecule has 216 valence electrons.